The van der Waals surface area contributed by atoms with Gasteiger partial charge in [-0.1, -0.05) is 0 Å². The number of thiophene rings is 1. The monoisotopic (exact) mass is 352 g/mol. The average molecular weight is 352 g/mol. The predicted molar refractivity (Wildman–Crippen MR) is 84.3 cm³/mol. The molecule has 0 aliphatic heterocycles. The molecule has 0 aliphatic carbocycles. The summed E-state index contributed by atoms with van der Waals surface area (Å²) in [6, 6.07) is 6.57. The number of carbonyl (C=O) groups is 3. The van der Waals surface area contributed by atoms with Crippen molar-refractivity contribution < 1.29 is 28.2 Å². The SMILES string of the molecule is NC(=O)c1ccsc1NC(=O)COC(=O)COc1ccc(F)cc1. The first kappa shape index (κ1) is 17.4. The molecular formula is C15H13FN2O5S. The fourth-order valence-corrected chi connectivity index (χ4v) is 2.43. The molecule has 7 nitrogen and oxygen atoms in total. The van der Waals surface area contributed by atoms with E-state index < -0.39 is 36.8 Å². The number of halogens is 1. The summed E-state index contributed by atoms with van der Waals surface area (Å²) in [4.78, 5) is 34.3. The maximum absolute atomic E-state index is 12.7. The van der Waals surface area contributed by atoms with E-state index in [4.69, 9.17) is 15.2 Å². The third kappa shape index (κ3) is 5.06. The summed E-state index contributed by atoms with van der Waals surface area (Å²) in [5, 5.41) is 4.31. The fourth-order valence-electron chi connectivity index (χ4n) is 1.62. The maximum Gasteiger partial charge on any atom is 0.344 e. The van der Waals surface area contributed by atoms with Gasteiger partial charge in [-0.3, -0.25) is 9.59 Å². The van der Waals surface area contributed by atoms with E-state index in [2.05, 4.69) is 5.32 Å². The van der Waals surface area contributed by atoms with Gasteiger partial charge in [0.2, 0.25) is 0 Å². The van der Waals surface area contributed by atoms with Gasteiger partial charge < -0.3 is 20.5 Å². The highest BCUT2D eigenvalue weighted by molar-refractivity contribution is 7.14. The Kier molecular flexibility index (Phi) is 5.85. The Morgan fingerprint density at radius 2 is 1.83 bits per heavy atom. The Hall–Kier alpha value is -2.94. The number of nitrogens with two attached hydrogens (primary N) is 1. The molecule has 2 aromatic rings. The van der Waals surface area contributed by atoms with E-state index in [0.717, 1.165) is 11.3 Å². The quantitative estimate of drug-likeness (QED) is 0.735. The third-order valence-corrected chi connectivity index (χ3v) is 3.55. The molecule has 2 amide bonds. The highest BCUT2D eigenvalue weighted by Crippen LogP contribution is 2.22. The van der Waals surface area contributed by atoms with E-state index in [0.29, 0.717) is 5.75 Å². The molecule has 1 heterocycles. The van der Waals surface area contributed by atoms with Crippen molar-refractivity contribution in [2.24, 2.45) is 5.73 Å². The van der Waals surface area contributed by atoms with Gasteiger partial charge in [0.05, 0.1) is 5.56 Å². The highest BCUT2D eigenvalue weighted by atomic mass is 32.1. The number of anilines is 1. The van der Waals surface area contributed by atoms with E-state index in [1.54, 1.807) is 5.38 Å². The number of esters is 1. The average Bonchev–Trinajstić information content (AvgIpc) is 3.00. The Balaban J connectivity index is 1.75. The molecule has 0 bridgehead atoms. The van der Waals surface area contributed by atoms with Gasteiger partial charge in [-0.2, -0.15) is 0 Å². The Bertz CT molecular complexity index is 745. The first-order valence-corrected chi connectivity index (χ1v) is 7.55. The van der Waals surface area contributed by atoms with Crippen LogP contribution < -0.4 is 15.8 Å². The fraction of sp³-hybridized carbons (Fsp3) is 0.133. The standard InChI is InChI=1S/C15H13FN2O5S/c16-9-1-3-10(4-2-9)22-8-13(20)23-7-12(19)18-15-11(14(17)21)5-6-24-15/h1-6H,7-8H2,(H2,17,21)(H,18,19). The van der Waals surface area contributed by atoms with Crippen molar-refractivity contribution in [3.05, 3.63) is 47.1 Å². The number of hydrogen-bond acceptors (Lipinski definition) is 6. The van der Waals surface area contributed by atoms with E-state index in [9.17, 15) is 18.8 Å². The van der Waals surface area contributed by atoms with Crippen LogP contribution in [0.3, 0.4) is 0 Å². The van der Waals surface area contributed by atoms with E-state index >= 15 is 0 Å². The number of primary amides is 1. The molecule has 24 heavy (non-hydrogen) atoms. The molecule has 9 heteroatoms. The smallest absolute Gasteiger partial charge is 0.344 e. The van der Waals surface area contributed by atoms with Crippen LogP contribution >= 0.6 is 11.3 Å². The molecule has 1 aromatic carbocycles. The number of amides is 2. The van der Waals surface area contributed by atoms with Gasteiger partial charge in [0, 0.05) is 0 Å². The molecule has 0 radical (unpaired) electrons. The van der Waals surface area contributed by atoms with Crippen molar-refractivity contribution >= 4 is 34.1 Å². The lowest BCUT2D eigenvalue weighted by molar-refractivity contribution is -0.149. The summed E-state index contributed by atoms with van der Waals surface area (Å²) in [6.45, 7) is -0.966. The van der Waals surface area contributed by atoms with Crippen LogP contribution in [0, 0.1) is 5.82 Å². The van der Waals surface area contributed by atoms with E-state index in [-0.39, 0.29) is 10.6 Å². The summed E-state index contributed by atoms with van der Waals surface area (Å²) < 4.78 is 22.5. The summed E-state index contributed by atoms with van der Waals surface area (Å²) in [5.74, 6) is -2.19. The Morgan fingerprint density at radius 3 is 2.50 bits per heavy atom. The zero-order valence-electron chi connectivity index (χ0n) is 12.3. The molecule has 0 saturated heterocycles. The van der Waals surface area contributed by atoms with Gasteiger partial charge in [0.15, 0.2) is 13.2 Å². The second-order valence-electron chi connectivity index (χ2n) is 4.48. The molecule has 0 unspecified atom stereocenters. The van der Waals surface area contributed by atoms with Crippen molar-refractivity contribution in [3.8, 4) is 5.75 Å². The highest BCUT2D eigenvalue weighted by Gasteiger charge is 2.14. The minimum Gasteiger partial charge on any atom is -0.482 e. The van der Waals surface area contributed by atoms with Gasteiger partial charge in [-0.05, 0) is 35.7 Å². The second-order valence-corrected chi connectivity index (χ2v) is 5.40. The van der Waals surface area contributed by atoms with Crippen molar-refractivity contribution in [2.45, 2.75) is 0 Å². The minimum absolute atomic E-state index is 0.180. The third-order valence-electron chi connectivity index (χ3n) is 2.72. The lowest BCUT2D eigenvalue weighted by Gasteiger charge is -2.07. The topological polar surface area (TPSA) is 108 Å². The molecule has 0 atom stereocenters. The largest absolute Gasteiger partial charge is 0.482 e. The molecule has 0 aliphatic rings. The second kappa shape index (κ2) is 8.06. The first-order chi connectivity index (χ1) is 11.5. The molecule has 0 saturated carbocycles. The van der Waals surface area contributed by atoms with Crippen LogP contribution in [-0.2, 0) is 14.3 Å². The summed E-state index contributed by atoms with van der Waals surface area (Å²) in [7, 11) is 0. The minimum atomic E-state index is -0.768. The molecule has 0 fully saturated rings. The number of ether oxygens (including phenoxy) is 2. The van der Waals surface area contributed by atoms with Crippen LogP contribution in [0.25, 0.3) is 0 Å². The number of benzene rings is 1. The van der Waals surface area contributed by atoms with Crippen LogP contribution in [0.1, 0.15) is 10.4 Å². The lowest BCUT2D eigenvalue weighted by Crippen LogP contribution is -2.24. The maximum atomic E-state index is 12.7. The molecule has 1 aromatic heterocycles. The van der Waals surface area contributed by atoms with Crippen LogP contribution in [-0.4, -0.2) is 31.0 Å². The number of rotatable bonds is 7. The summed E-state index contributed by atoms with van der Waals surface area (Å²) in [5.41, 5.74) is 5.33. The van der Waals surface area contributed by atoms with Crippen LogP contribution in [0.15, 0.2) is 35.7 Å². The van der Waals surface area contributed by atoms with Gasteiger partial charge in [0.1, 0.15) is 16.6 Å². The summed E-state index contributed by atoms with van der Waals surface area (Å²) >= 11 is 1.12. The Labute approximate surface area is 140 Å². The van der Waals surface area contributed by atoms with E-state index in [1.165, 1.54) is 30.3 Å². The predicted octanol–water partition coefficient (Wildman–Crippen LogP) is 1.55. The van der Waals surface area contributed by atoms with Crippen LogP contribution in [0.4, 0.5) is 9.39 Å². The molecule has 3 N–H and O–H groups in total. The van der Waals surface area contributed by atoms with Crippen molar-refractivity contribution in [1.82, 2.24) is 0 Å². The van der Waals surface area contributed by atoms with Crippen LogP contribution in [0.2, 0.25) is 0 Å². The van der Waals surface area contributed by atoms with Crippen molar-refractivity contribution in [1.29, 1.82) is 0 Å². The molecule has 0 spiro atoms. The molecular weight excluding hydrogens is 339 g/mol. The number of carbonyl (C=O) groups excluding carboxylic acids is 3. The van der Waals surface area contributed by atoms with Gasteiger partial charge in [-0.15, -0.1) is 11.3 Å². The zero-order chi connectivity index (χ0) is 17.5. The molecule has 2 rings (SSSR count). The van der Waals surface area contributed by atoms with Crippen molar-refractivity contribution in [2.75, 3.05) is 18.5 Å². The lowest BCUT2D eigenvalue weighted by atomic mass is 10.3. The number of hydrogen-bond donors (Lipinski definition) is 2. The zero-order valence-corrected chi connectivity index (χ0v) is 13.1. The van der Waals surface area contributed by atoms with Gasteiger partial charge in [0.25, 0.3) is 11.8 Å². The Morgan fingerprint density at radius 1 is 1.12 bits per heavy atom. The van der Waals surface area contributed by atoms with Crippen molar-refractivity contribution in [3.63, 3.8) is 0 Å². The van der Waals surface area contributed by atoms with E-state index in [1.807, 2.05) is 0 Å². The first-order valence-electron chi connectivity index (χ1n) is 6.67. The van der Waals surface area contributed by atoms with Crippen LogP contribution in [0.5, 0.6) is 5.75 Å². The molecule has 126 valence electrons. The number of nitrogens with one attached hydrogen (secondary N) is 1. The van der Waals surface area contributed by atoms with Gasteiger partial charge >= 0.3 is 5.97 Å². The summed E-state index contributed by atoms with van der Waals surface area (Å²) in [6.07, 6.45) is 0. The van der Waals surface area contributed by atoms with Gasteiger partial charge in [-0.25, -0.2) is 9.18 Å². The normalized spacial score (nSPS) is 10.0.